The third-order valence-electron chi connectivity index (χ3n) is 2.16. The van der Waals surface area contributed by atoms with E-state index in [2.05, 4.69) is 9.97 Å². The van der Waals surface area contributed by atoms with E-state index in [4.69, 9.17) is 16.3 Å². The molecule has 0 saturated heterocycles. The van der Waals surface area contributed by atoms with E-state index >= 15 is 0 Å². The molecule has 70 valence electrons. The lowest BCUT2D eigenvalue weighted by molar-refractivity contribution is 0.406. The van der Waals surface area contributed by atoms with E-state index in [-0.39, 0.29) is 0 Å². The largest absolute Gasteiger partial charge is 0.492 e. The monoisotopic (exact) mass is 198 g/mol. The molecular weight excluding hydrogens is 188 g/mol. The maximum atomic E-state index is 5.93. The third kappa shape index (κ3) is 1.61. The number of rotatable bonds is 2. The van der Waals surface area contributed by atoms with Gasteiger partial charge in [0.25, 0.3) is 0 Å². The number of hydrogen-bond donors (Lipinski definition) is 0. The van der Waals surface area contributed by atoms with Crippen LogP contribution in [0.25, 0.3) is 0 Å². The fourth-order valence-corrected chi connectivity index (χ4v) is 1.60. The molecule has 0 radical (unpaired) electrons. The Balaban J connectivity index is 2.42. The standard InChI is InChI=1S/C9H11ClN2O/c1-5-7(13-2)8(10)12-9(11-5)6-3-4-6/h6H,3-4H2,1-2H3. The molecule has 0 N–H and O–H groups in total. The van der Waals surface area contributed by atoms with Gasteiger partial charge in [0, 0.05) is 5.92 Å². The molecular formula is C9H11ClN2O. The highest BCUT2D eigenvalue weighted by atomic mass is 35.5. The molecule has 1 heterocycles. The quantitative estimate of drug-likeness (QED) is 0.685. The van der Waals surface area contributed by atoms with E-state index in [1.807, 2.05) is 6.92 Å². The highest BCUT2D eigenvalue weighted by Gasteiger charge is 2.27. The van der Waals surface area contributed by atoms with Gasteiger partial charge in [0.1, 0.15) is 5.82 Å². The van der Waals surface area contributed by atoms with Crippen LogP contribution in [0.5, 0.6) is 5.75 Å². The Kier molecular flexibility index (Phi) is 2.12. The zero-order valence-electron chi connectivity index (χ0n) is 7.67. The number of ether oxygens (including phenoxy) is 1. The number of hydrogen-bond acceptors (Lipinski definition) is 3. The summed E-state index contributed by atoms with van der Waals surface area (Å²) < 4.78 is 5.07. The van der Waals surface area contributed by atoms with Crippen LogP contribution >= 0.6 is 11.6 Å². The highest BCUT2D eigenvalue weighted by molar-refractivity contribution is 6.30. The number of aryl methyl sites for hydroxylation is 1. The third-order valence-corrected chi connectivity index (χ3v) is 2.41. The number of halogens is 1. The smallest absolute Gasteiger partial charge is 0.177 e. The van der Waals surface area contributed by atoms with E-state index in [9.17, 15) is 0 Å². The molecule has 1 saturated carbocycles. The van der Waals surface area contributed by atoms with E-state index in [1.54, 1.807) is 7.11 Å². The van der Waals surface area contributed by atoms with E-state index < -0.39 is 0 Å². The molecule has 1 aliphatic rings. The summed E-state index contributed by atoms with van der Waals surface area (Å²) >= 11 is 5.93. The minimum absolute atomic E-state index is 0.428. The molecule has 1 aromatic heterocycles. The van der Waals surface area contributed by atoms with Crippen LogP contribution in [-0.2, 0) is 0 Å². The Bertz CT molecular complexity index is 313. The number of methoxy groups -OCH3 is 1. The van der Waals surface area contributed by atoms with Gasteiger partial charge in [-0.15, -0.1) is 0 Å². The Hall–Kier alpha value is -0.830. The maximum Gasteiger partial charge on any atom is 0.177 e. The molecule has 13 heavy (non-hydrogen) atoms. The molecule has 1 fully saturated rings. The van der Waals surface area contributed by atoms with Gasteiger partial charge in [-0.2, -0.15) is 0 Å². The van der Waals surface area contributed by atoms with Crippen LogP contribution < -0.4 is 4.74 Å². The summed E-state index contributed by atoms with van der Waals surface area (Å²) in [6, 6.07) is 0. The summed E-state index contributed by atoms with van der Waals surface area (Å²) in [5.41, 5.74) is 0.824. The highest BCUT2D eigenvalue weighted by Crippen LogP contribution is 2.39. The second-order valence-electron chi connectivity index (χ2n) is 3.27. The van der Waals surface area contributed by atoms with Crippen LogP contribution in [0.2, 0.25) is 5.15 Å². The minimum atomic E-state index is 0.428. The fourth-order valence-electron chi connectivity index (χ4n) is 1.30. The second-order valence-corrected chi connectivity index (χ2v) is 3.62. The summed E-state index contributed by atoms with van der Waals surface area (Å²) in [6.07, 6.45) is 2.37. The van der Waals surface area contributed by atoms with E-state index in [1.165, 1.54) is 12.8 Å². The van der Waals surface area contributed by atoms with Crippen molar-refractivity contribution >= 4 is 11.6 Å². The van der Waals surface area contributed by atoms with Gasteiger partial charge in [-0.1, -0.05) is 11.6 Å². The molecule has 0 bridgehead atoms. The molecule has 0 unspecified atom stereocenters. The molecule has 1 aromatic rings. The maximum absolute atomic E-state index is 5.93. The molecule has 0 amide bonds. The van der Waals surface area contributed by atoms with Gasteiger partial charge in [0.05, 0.1) is 12.8 Å². The van der Waals surface area contributed by atoms with Gasteiger partial charge in [-0.05, 0) is 19.8 Å². The van der Waals surface area contributed by atoms with Crippen LogP contribution in [0.3, 0.4) is 0 Å². The van der Waals surface area contributed by atoms with Crippen LogP contribution in [-0.4, -0.2) is 17.1 Å². The van der Waals surface area contributed by atoms with E-state index in [0.717, 1.165) is 11.5 Å². The summed E-state index contributed by atoms with van der Waals surface area (Å²) in [7, 11) is 1.58. The van der Waals surface area contributed by atoms with Gasteiger partial charge in [0.2, 0.25) is 0 Å². The Morgan fingerprint density at radius 2 is 2.08 bits per heavy atom. The normalized spacial score (nSPS) is 15.9. The average Bonchev–Trinajstić information content (AvgIpc) is 2.85. The Morgan fingerprint density at radius 3 is 2.54 bits per heavy atom. The van der Waals surface area contributed by atoms with Crippen LogP contribution in [0.15, 0.2) is 0 Å². The lowest BCUT2D eigenvalue weighted by Crippen LogP contribution is -1.99. The average molecular weight is 199 g/mol. The summed E-state index contributed by atoms with van der Waals surface area (Å²) in [5.74, 6) is 1.98. The van der Waals surface area contributed by atoms with Crippen molar-refractivity contribution in [2.75, 3.05) is 7.11 Å². The fraction of sp³-hybridized carbons (Fsp3) is 0.556. The van der Waals surface area contributed by atoms with Crippen molar-refractivity contribution in [1.82, 2.24) is 9.97 Å². The first-order valence-electron chi connectivity index (χ1n) is 4.30. The van der Waals surface area contributed by atoms with Crippen molar-refractivity contribution in [2.45, 2.75) is 25.7 Å². The van der Waals surface area contributed by atoms with Crippen LogP contribution in [0.4, 0.5) is 0 Å². The van der Waals surface area contributed by atoms with Crippen molar-refractivity contribution in [2.24, 2.45) is 0 Å². The van der Waals surface area contributed by atoms with Crippen LogP contribution in [0, 0.1) is 6.92 Å². The molecule has 0 aromatic carbocycles. The number of nitrogens with zero attached hydrogens (tertiary/aromatic N) is 2. The summed E-state index contributed by atoms with van der Waals surface area (Å²) in [5, 5.41) is 0.428. The SMILES string of the molecule is COc1c(C)nc(C2CC2)nc1Cl. The predicted octanol–water partition coefficient (Wildman–Crippen LogP) is 2.32. The summed E-state index contributed by atoms with van der Waals surface area (Å²) in [6.45, 7) is 1.89. The van der Waals surface area contributed by atoms with Crippen molar-refractivity contribution < 1.29 is 4.74 Å². The molecule has 0 spiro atoms. The second kappa shape index (κ2) is 3.14. The van der Waals surface area contributed by atoms with Crippen molar-refractivity contribution in [3.8, 4) is 5.75 Å². The van der Waals surface area contributed by atoms with Crippen molar-refractivity contribution in [3.05, 3.63) is 16.7 Å². The molecule has 2 rings (SSSR count). The first-order chi connectivity index (χ1) is 6.22. The van der Waals surface area contributed by atoms with Gasteiger partial charge >= 0.3 is 0 Å². The molecule has 0 atom stereocenters. The first-order valence-corrected chi connectivity index (χ1v) is 4.68. The van der Waals surface area contributed by atoms with Gasteiger partial charge in [-0.25, -0.2) is 9.97 Å². The van der Waals surface area contributed by atoms with Crippen molar-refractivity contribution in [3.63, 3.8) is 0 Å². The Labute approximate surface area is 82.1 Å². The number of aromatic nitrogens is 2. The van der Waals surface area contributed by atoms with Crippen molar-refractivity contribution in [1.29, 1.82) is 0 Å². The molecule has 3 nitrogen and oxygen atoms in total. The zero-order chi connectivity index (χ0) is 9.42. The van der Waals surface area contributed by atoms with Gasteiger partial charge in [0.15, 0.2) is 10.9 Å². The molecule has 4 heteroatoms. The van der Waals surface area contributed by atoms with E-state index in [0.29, 0.717) is 16.8 Å². The minimum Gasteiger partial charge on any atom is -0.492 e. The topological polar surface area (TPSA) is 35.0 Å². The first kappa shape index (κ1) is 8.75. The lowest BCUT2D eigenvalue weighted by atomic mass is 10.3. The molecule has 0 aliphatic heterocycles. The predicted molar refractivity (Wildman–Crippen MR) is 50.3 cm³/mol. The molecule has 1 aliphatic carbocycles. The lowest BCUT2D eigenvalue weighted by Gasteiger charge is -2.06. The van der Waals surface area contributed by atoms with Crippen LogP contribution in [0.1, 0.15) is 30.3 Å². The Morgan fingerprint density at radius 1 is 1.38 bits per heavy atom. The van der Waals surface area contributed by atoms with Gasteiger partial charge in [-0.3, -0.25) is 0 Å². The zero-order valence-corrected chi connectivity index (χ0v) is 8.43. The summed E-state index contributed by atoms with van der Waals surface area (Å²) in [4.78, 5) is 8.54. The van der Waals surface area contributed by atoms with Gasteiger partial charge < -0.3 is 4.74 Å².